The molecule has 0 atom stereocenters. The van der Waals surface area contributed by atoms with E-state index >= 15 is 0 Å². The van der Waals surface area contributed by atoms with E-state index in [4.69, 9.17) is 5.73 Å². The van der Waals surface area contributed by atoms with E-state index < -0.39 is 0 Å². The van der Waals surface area contributed by atoms with E-state index in [1.807, 2.05) is 35.6 Å². The molecule has 22 heavy (non-hydrogen) atoms. The van der Waals surface area contributed by atoms with Crippen molar-refractivity contribution in [3.05, 3.63) is 54.0 Å². The van der Waals surface area contributed by atoms with Crippen molar-refractivity contribution in [3.63, 3.8) is 0 Å². The van der Waals surface area contributed by atoms with Crippen molar-refractivity contribution >= 4 is 28.3 Å². The van der Waals surface area contributed by atoms with Gasteiger partial charge in [-0.2, -0.15) is 4.68 Å². The summed E-state index contributed by atoms with van der Waals surface area (Å²) in [4.78, 5) is 12.7. The molecule has 4 rings (SSSR count). The van der Waals surface area contributed by atoms with Crippen LogP contribution in [-0.2, 0) is 0 Å². The predicted molar refractivity (Wildman–Crippen MR) is 81.6 cm³/mol. The Balaban J connectivity index is 1.88. The van der Waals surface area contributed by atoms with Gasteiger partial charge in [0.2, 0.25) is 0 Å². The van der Waals surface area contributed by atoms with Crippen molar-refractivity contribution in [2.75, 3.05) is 5.73 Å². The Kier molecular flexibility index (Phi) is 2.50. The van der Waals surface area contributed by atoms with Gasteiger partial charge in [0.25, 0.3) is 5.91 Å². The highest BCUT2D eigenvalue weighted by Crippen LogP contribution is 2.21. The lowest BCUT2D eigenvalue weighted by atomic mass is 10.2. The maximum absolute atomic E-state index is 12.7. The lowest BCUT2D eigenvalue weighted by Crippen LogP contribution is -2.14. The lowest BCUT2D eigenvalue weighted by molar-refractivity contribution is 0.0951. The average Bonchev–Trinajstić information content (AvgIpc) is 3.08. The Bertz CT molecular complexity index is 1030. The van der Waals surface area contributed by atoms with Gasteiger partial charge in [-0.15, -0.1) is 15.3 Å². The minimum absolute atomic E-state index is 0.254. The molecule has 0 amide bonds. The Morgan fingerprint density at radius 1 is 1.18 bits per heavy atom. The second-order valence-electron chi connectivity index (χ2n) is 5.01. The summed E-state index contributed by atoms with van der Waals surface area (Å²) in [7, 11) is 0. The number of nitrogen functional groups attached to an aromatic ring is 1. The van der Waals surface area contributed by atoms with Crippen LogP contribution < -0.4 is 5.73 Å². The molecule has 0 saturated carbocycles. The van der Waals surface area contributed by atoms with Gasteiger partial charge in [-0.1, -0.05) is 12.1 Å². The Morgan fingerprint density at radius 3 is 2.86 bits per heavy atom. The van der Waals surface area contributed by atoms with E-state index in [0.29, 0.717) is 22.5 Å². The summed E-state index contributed by atoms with van der Waals surface area (Å²) in [6.07, 6.45) is 1.77. The van der Waals surface area contributed by atoms with Gasteiger partial charge in [0.15, 0.2) is 11.5 Å². The van der Waals surface area contributed by atoms with Crippen LogP contribution in [0.2, 0.25) is 0 Å². The molecule has 0 aliphatic heterocycles. The van der Waals surface area contributed by atoms with Crippen molar-refractivity contribution in [2.45, 2.75) is 6.92 Å². The standard InChI is InChI=1S/C15H12N6O/c1-9-17-18-13-8-10(6-7-20(9)13)15(22)21-12-5-3-2-4-11(12)14(16)19-21/h2-8H,1H3,(H2,16,19). The van der Waals surface area contributed by atoms with Gasteiger partial charge in [-0.05, 0) is 31.2 Å². The van der Waals surface area contributed by atoms with Gasteiger partial charge in [-0.3, -0.25) is 9.20 Å². The third-order valence-corrected chi connectivity index (χ3v) is 3.64. The van der Waals surface area contributed by atoms with Crippen molar-refractivity contribution in [1.82, 2.24) is 24.4 Å². The maximum Gasteiger partial charge on any atom is 0.278 e. The van der Waals surface area contributed by atoms with Crippen molar-refractivity contribution in [3.8, 4) is 0 Å². The van der Waals surface area contributed by atoms with Crippen molar-refractivity contribution < 1.29 is 4.79 Å². The van der Waals surface area contributed by atoms with Gasteiger partial charge in [0.1, 0.15) is 5.82 Å². The summed E-state index contributed by atoms with van der Waals surface area (Å²) in [6, 6.07) is 10.8. The molecule has 7 nitrogen and oxygen atoms in total. The SMILES string of the molecule is Cc1nnc2cc(C(=O)n3nc(N)c4ccccc43)ccn12. The second-order valence-corrected chi connectivity index (χ2v) is 5.01. The number of fused-ring (bicyclic) bond motifs is 2. The number of pyridine rings is 1. The first-order valence-electron chi connectivity index (χ1n) is 6.74. The highest BCUT2D eigenvalue weighted by atomic mass is 16.2. The first kappa shape index (κ1) is 12.5. The van der Waals surface area contributed by atoms with Crippen LogP contribution in [0.1, 0.15) is 16.2 Å². The molecule has 0 radical (unpaired) electrons. The van der Waals surface area contributed by atoms with Gasteiger partial charge in [0.05, 0.1) is 5.52 Å². The Hall–Kier alpha value is -3.22. The maximum atomic E-state index is 12.7. The van der Waals surface area contributed by atoms with E-state index in [-0.39, 0.29) is 5.91 Å². The van der Waals surface area contributed by atoms with Crippen LogP contribution in [0.4, 0.5) is 5.82 Å². The topological polar surface area (TPSA) is 91.1 Å². The van der Waals surface area contributed by atoms with E-state index in [9.17, 15) is 4.79 Å². The normalized spacial score (nSPS) is 11.3. The quantitative estimate of drug-likeness (QED) is 0.576. The summed E-state index contributed by atoms with van der Waals surface area (Å²) >= 11 is 0. The molecular weight excluding hydrogens is 280 g/mol. The molecule has 7 heteroatoms. The number of anilines is 1. The molecule has 0 bridgehead atoms. The number of carbonyl (C=O) groups is 1. The number of para-hydroxylation sites is 1. The zero-order valence-electron chi connectivity index (χ0n) is 11.8. The number of aryl methyl sites for hydroxylation is 1. The van der Waals surface area contributed by atoms with Crippen LogP contribution in [-0.4, -0.2) is 30.3 Å². The van der Waals surface area contributed by atoms with E-state index in [1.165, 1.54) is 4.68 Å². The minimum atomic E-state index is -0.254. The fourth-order valence-corrected chi connectivity index (χ4v) is 2.51. The average molecular weight is 292 g/mol. The monoisotopic (exact) mass is 292 g/mol. The zero-order valence-corrected chi connectivity index (χ0v) is 11.8. The van der Waals surface area contributed by atoms with Gasteiger partial charge in [-0.25, -0.2) is 0 Å². The molecule has 3 aromatic heterocycles. The predicted octanol–water partition coefficient (Wildman–Crippen LogP) is 1.66. The largest absolute Gasteiger partial charge is 0.382 e. The van der Waals surface area contributed by atoms with Crippen LogP contribution in [0.25, 0.3) is 16.6 Å². The first-order valence-corrected chi connectivity index (χ1v) is 6.74. The molecular formula is C15H12N6O. The van der Waals surface area contributed by atoms with Crippen LogP contribution in [0.3, 0.4) is 0 Å². The van der Waals surface area contributed by atoms with Crippen LogP contribution in [0.5, 0.6) is 0 Å². The zero-order chi connectivity index (χ0) is 15.3. The van der Waals surface area contributed by atoms with Gasteiger partial charge < -0.3 is 5.73 Å². The third kappa shape index (κ3) is 1.69. The van der Waals surface area contributed by atoms with Crippen molar-refractivity contribution in [1.29, 1.82) is 0 Å². The minimum Gasteiger partial charge on any atom is -0.382 e. The smallest absolute Gasteiger partial charge is 0.278 e. The van der Waals surface area contributed by atoms with Gasteiger partial charge >= 0.3 is 0 Å². The van der Waals surface area contributed by atoms with Crippen LogP contribution in [0.15, 0.2) is 42.6 Å². The third-order valence-electron chi connectivity index (χ3n) is 3.64. The van der Waals surface area contributed by atoms with Crippen LogP contribution in [0, 0.1) is 6.92 Å². The van der Waals surface area contributed by atoms with Gasteiger partial charge in [0, 0.05) is 17.1 Å². The molecule has 0 aliphatic carbocycles. The second kappa shape index (κ2) is 4.39. The first-order chi connectivity index (χ1) is 10.6. The molecule has 3 heterocycles. The number of hydrogen-bond donors (Lipinski definition) is 1. The van der Waals surface area contributed by atoms with Crippen molar-refractivity contribution in [2.24, 2.45) is 0 Å². The lowest BCUT2D eigenvalue weighted by Gasteiger charge is -2.03. The summed E-state index contributed by atoms with van der Waals surface area (Å²) in [5.74, 6) is 0.849. The molecule has 4 aromatic rings. The molecule has 2 N–H and O–H groups in total. The van der Waals surface area contributed by atoms with E-state index in [0.717, 1.165) is 11.2 Å². The number of nitrogens with zero attached hydrogens (tertiary/aromatic N) is 5. The molecule has 0 saturated heterocycles. The molecule has 0 fully saturated rings. The molecule has 0 aliphatic rings. The highest BCUT2D eigenvalue weighted by Gasteiger charge is 2.16. The number of hydrogen-bond acceptors (Lipinski definition) is 5. The van der Waals surface area contributed by atoms with Crippen LogP contribution >= 0.6 is 0 Å². The Labute approximate surface area is 125 Å². The molecule has 0 unspecified atom stereocenters. The summed E-state index contributed by atoms with van der Waals surface area (Å²) in [5, 5.41) is 12.9. The number of aromatic nitrogens is 5. The van der Waals surface area contributed by atoms with E-state index in [1.54, 1.807) is 18.3 Å². The highest BCUT2D eigenvalue weighted by molar-refractivity contribution is 6.03. The molecule has 108 valence electrons. The fourth-order valence-electron chi connectivity index (χ4n) is 2.51. The number of benzene rings is 1. The molecule has 0 spiro atoms. The summed E-state index contributed by atoms with van der Waals surface area (Å²) < 4.78 is 3.13. The van der Waals surface area contributed by atoms with E-state index in [2.05, 4.69) is 15.3 Å². The summed E-state index contributed by atoms with van der Waals surface area (Å²) in [5.41, 5.74) is 7.66. The fraction of sp³-hybridized carbons (Fsp3) is 0.0667. The number of nitrogens with two attached hydrogens (primary N) is 1. The summed E-state index contributed by atoms with van der Waals surface area (Å²) in [6.45, 7) is 1.85. The number of carbonyl (C=O) groups excluding carboxylic acids is 1. The molecule has 1 aromatic carbocycles. The number of rotatable bonds is 1. The Morgan fingerprint density at radius 2 is 2.00 bits per heavy atom.